The van der Waals surface area contributed by atoms with Gasteiger partial charge in [0, 0.05) is 17.9 Å². The van der Waals surface area contributed by atoms with Crippen LogP contribution in [0, 0.1) is 0 Å². The smallest absolute Gasteiger partial charge is 0.226 e. The van der Waals surface area contributed by atoms with Crippen molar-refractivity contribution >= 4 is 5.91 Å². The number of nitrogens with one attached hydrogen (secondary N) is 1. The van der Waals surface area contributed by atoms with Crippen LogP contribution >= 0.6 is 0 Å². The summed E-state index contributed by atoms with van der Waals surface area (Å²) in [7, 11) is 0. The van der Waals surface area contributed by atoms with Crippen molar-refractivity contribution in [1.82, 2.24) is 10.3 Å². The van der Waals surface area contributed by atoms with Crippen molar-refractivity contribution in [1.29, 1.82) is 0 Å². The molecule has 0 aliphatic carbocycles. The maximum absolute atomic E-state index is 11.3. The monoisotopic (exact) mass is 194 g/mol. The van der Waals surface area contributed by atoms with Crippen LogP contribution in [0.5, 0.6) is 0 Å². The second-order valence-corrected chi connectivity index (χ2v) is 3.15. The van der Waals surface area contributed by atoms with Gasteiger partial charge in [0.15, 0.2) is 0 Å². The van der Waals surface area contributed by atoms with Gasteiger partial charge in [-0.1, -0.05) is 6.07 Å². The first-order valence-corrected chi connectivity index (χ1v) is 4.52. The van der Waals surface area contributed by atoms with Crippen molar-refractivity contribution in [2.75, 3.05) is 6.61 Å². The molecular formula is C10H14N2O2. The van der Waals surface area contributed by atoms with Gasteiger partial charge in [-0.25, -0.2) is 0 Å². The molecule has 76 valence electrons. The standard InChI is InChI=1S/C10H14N2O2/c1-8(7-13)12-10(14)6-9-4-2-3-5-11-9/h2-5,8,13H,6-7H2,1H3,(H,12,14)/t8-/m1/s1. The van der Waals surface area contributed by atoms with Gasteiger partial charge in [0.1, 0.15) is 0 Å². The van der Waals surface area contributed by atoms with Crippen molar-refractivity contribution in [3.63, 3.8) is 0 Å². The minimum Gasteiger partial charge on any atom is -0.394 e. The molecule has 1 amide bonds. The average molecular weight is 194 g/mol. The second kappa shape index (κ2) is 5.34. The Morgan fingerprint density at radius 3 is 3.00 bits per heavy atom. The number of nitrogens with zero attached hydrogens (tertiary/aromatic N) is 1. The van der Waals surface area contributed by atoms with E-state index in [0.717, 1.165) is 5.69 Å². The van der Waals surface area contributed by atoms with Crippen molar-refractivity contribution < 1.29 is 9.90 Å². The van der Waals surface area contributed by atoms with E-state index in [1.807, 2.05) is 6.07 Å². The minimum atomic E-state index is -0.203. The Hall–Kier alpha value is -1.42. The lowest BCUT2D eigenvalue weighted by molar-refractivity contribution is -0.121. The lowest BCUT2D eigenvalue weighted by Gasteiger charge is -2.09. The maximum Gasteiger partial charge on any atom is 0.226 e. The molecule has 0 saturated heterocycles. The highest BCUT2D eigenvalue weighted by atomic mass is 16.3. The zero-order chi connectivity index (χ0) is 10.4. The topological polar surface area (TPSA) is 62.2 Å². The Bertz CT molecular complexity index is 287. The van der Waals surface area contributed by atoms with Crippen LogP contribution in [-0.2, 0) is 11.2 Å². The summed E-state index contributed by atoms with van der Waals surface area (Å²) in [5.41, 5.74) is 0.732. The van der Waals surface area contributed by atoms with E-state index in [-0.39, 0.29) is 25.0 Å². The molecule has 0 unspecified atom stereocenters. The molecule has 1 heterocycles. The van der Waals surface area contributed by atoms with Crippen LogP contribution < -0.4 is 5.32 Å². The van der Waals surface area contributed by atoms with Gasteiger partial charge in [0.05, 0.1) is 13.0 Å². The third kappa shape index (κ3) is 3.53. The van der Waals surface area contributed by atoms with Crippen molar-refractivity contribution in [3.8, 4) is 0 Å². The van der Waals surface area contributed by atoms with Gasteiger partial charge >= 0.3 is 0 Å². The van der Waals surface area contributed by atoms with Gasteiger partial charge in [-0.2, -0.15) is 0 Å². The van der Waals surface area contributed by atoms with Crippen LogP contribution in [0.2, 0.25) is 0 Å². The Balaban J connectivity index is 2.42. The molecule has 0 aliphatic rings. The van der Waals surface area contributed by atoms with Crippen LogP contribution in [-0.4, -0.2) is 28.6 Å². The second-order valence-electron chi connectivity index (χ2n) is 3.15. The molecule has 0 fully saturated rings. The molecule has 14 heavy (non-hydrogen) atoms. The first-order chi connectivity index (χ1) is 6.72. The largest absolute Gasteiger partial charge is 0.394 e. The van der Waals surface area contributed by atoms with Gasteiger partial charge in [-0.15, -0.1) is 0 Å². The number of amides is 1. The van der Waals surface area contributed by atoms with Crippen LogP contribution in [0.25, 0.3) is 0 Å². The van der Waals surface area contributed by atoms with Gasteiger partial charge in [0.25, 0.3) is 0 Å². The third-order valence-corrected chi connectivity index (χ3v) is 1.75. The number of aliphatic hydroxyl groups is 1. The minimum absolute atomic E-state index is 0.0477. The molecule has 0 bridgehead atoms. The van der Waals surface area contributed by atoms with Crippen LogP contribution in [0.4, 0.5) is 0 Å². The third-order valence-electron chi connectivity index (χ3n) is 1.75. The van der Waals surface area contributed by atoms with Crippen LogP contribution in [0.1, 0.15) is 12.6 Å². The maximum atomic E-state index is 11.3. The number of hydrogen-bond acceptors (Lipinski definition) is 3. The van der Waals surface area contributed by atoms with E-state index in [1.54, 1.807) is 25.3 Å². The summed E-state index contributed by atoms with van der Waals surface area (Å²) in [5, 5.41) is 11.4. The van der Waals surface area contributed by atoms with E-state index in [2.05, 4.69) is 10.3 Å². The SMILES string of the molecule is C[C@H](CO)NC(=O)Cc1ccccn1. The quantitative estimate of drug-likeness (QED) is 0.715. The fraction of sp³-hybridized carbons (Fsp3) is 0.400. The molecule has 2 N–H and O–H groups in total. The van der Waals surface area contributed by atoms with Gasteiger partial charge in [-0.3, -0.25) is 9.78 Å². The molecular weight excluding hydrogens is 180 g/mol. The Morgan fingerprint density at radius 1 is 1.64 bits per heavy atom. The molecule has 1 rings (SSSR count). The summed E-state index contributed by atoms with van der Waals surface area (Å²) in [5.74, 6) is -0.120. The first-order valence-electron chi connectivity index (χ1n) is 4.52. The van der Waals surface area contributed by atoms with Crippen molar-refractivity contribution in [2.45, 2.75) is 19.4 Å². The van der Waals surface area contributed by atoms with Crippen molar-refractivity contribution in [2.24, 2.45) is 0 Å². The molecule has 0 aliphatic heterocycles. The number of pyridine rings is 1. The van der Waals surface area contributed by atoms with Gasteiger partial charge < -0.3 is 10.4 Å². The molecule has 1 aromatic rings. The molecule has 4 nitrogen and oxygen atoms in total. The molecule has 0 spiro atoms. The summed E-state index contributed by atoms with van der Waals surface area (Å²) in [6.45, 7) is 1.70. The molecule has 0 aromatic carbocycles. The molecule has 1 atom stereocenters. The molecule has 0 saturated carbocycles. The van der Waals surface area contributed by atoms with E-state index in [1.165, 1.54) is 0 Å². The number of carbonyl (C=O) groups excluding carboxylic acids is 1. The highest BCUT2D eigenvalue weighted by Gasteiger charge is 2.06. The lowest BCUT2D eigenvalue weighted by Crippen LogP contribution is -2.36. The highest BCUT2D eigenvalue weighted by molar-refractivity contribution is 5.78. The zero-order valence-electron chi connectivity index (χ0n) is 8.10. The average Bonchev–Trinajstić information content (AvgIpc) is 2.19. The van der Waals surface area contributed by atoms with Crippen LogP contribution in [0.3, 0.4) is 0 Å². The summed E-state index contributed by atoms with van der Waals surface area (Å²) < 4.78 is 0. The summed E-state index contributed by atoms with van der Waals surface area (Å²) in [6, 6.07) is 5.23. The normalized spacial score (nSPS) is 12.1. The molecule has 1 aromatic heterocycles. The molecule has 0 radical (unpaired) electrons. The summed E-state index contributed by atoms with van der Waals surface area (Å²) in [6.07, 6.45) is 1.91. The highest BCUT2D eigenvalue weighted by Crippen LogP contribution is 1.94. The number of rotatable bonds is 4. The zero-order valence-corrected chi connectivity index (χ0v) is 8.10. The van der Waals surface area contributed by atoms with E-state index in [0.29, 0.717) is 0 Å². The van der Waals surface area contributed by atoms with Crippen molar-refractivity contribution in [3.05, 3.63) is 30.1 Å². The number of hydrogen-bond donors (Lipinski definition) is 2. The fourth-order valence-electron chi connectivity index (χ4n) is 1.04. The van der Waals surface area contributed by atoms with E-state index in [4.69, 9.17) is 5.11 Å². The van der Waals surface area contributed by atoms with E-state index >= 15 is 0 Å². The Morgan fingerprint density at radius 2 is 2.43 bits per heavy atom. The Kier molecular flexibility index (Phi) is 4.07. The van der Waals surface area contributed by atoms with Gasteiger partial charge in [-0.05, 0) is 19.1 Å². The summed E-state index contributed by atoms with van der Waals surface area (Å²) in [4.78, 5) is 15.3. The predicted molar refractivity (Wildman–Crippen MR) is 52.6 cm³/mol. The van der Waals surface area contributed by atoms with E-state index < -0.39 is 0 Å². The Labute approximate surface area is 83.0 Å². The van der Waals surface area contributed by atoms with E-state index in [9.17, 15) is 4.79 Å². The summed E-state index contributed by atoms with van der Waals surface area (Å²) >= 11 is 0. The number of aliphatic hydroxyl groups excluding tert-OH is 1. The van der Waals surface area contributed by atoms with Gasteiger partial charge in [0.2, 0.25) is 5.91 Å². The predicted octanol–water partition coefficient (Wildman–Crippen LogP) is 0.121. The lowest BCUT2D eigenvalue weighted by atomic mass is 10.2. The fourth-order valence-corrected chi connectivity index (χ4v) is 1.04. The number of aromatic nitrogens is 1. The van der Waals surface area contributed by atoms with Crippen LogP contribution in [0.15, 0.2) is 24.4 Å². The molecule has 4 heteroatoms. The first kappa shape index (κ1) is 10.7. The number of carbonyl (C=O) groups is 1.